The smallest absolute Gasteiger partial charge is 0.409 e. The standard InChI is InChI=1S/C9H18N2O2S.C8H16N2O3S.C7H14N2O3S.C7H14N2O2S.C7H16N2S.2C7H15NS.C6H13NOS.C6H13NS.C5H11NS.C4H11NOS.C4H11NS/c1-3-4-9(12)11-5-7-14(13,10-2)8-6-11;1-9-14(12)5-3-10(4-6-14)8(11)7-13-2;1-8-13(11)5-3-9(4-6-13)7(10)12-2;1-7(10)9-3-5-12(11,8-2)6-4-9;1-8-10(3)6-4-9(2)5-7-10;2*1-8-9(2)6-4-3-5-7-9;1-7-9(2)5-3-8-4-6-9;1-7-8(2)5-3-4-6-8;1-6-7(2)4-3-5-7;1-4-7(3,6)5-2;1-5-6(2,3)4/h3-8H2,1-2H3;3-7H2,1-2H3;3-6H2,1-2H3;3-6H2,1-2H3;3-7H2,1-2H3;2*2-7H2,1H3;2-6H2,1H3;2-6H2,1H3;2-5H2,1H3;4H2,1-3H3;2H2,1,3-4H3. The summed E-state index contributed by atoms with van der Waals surface area (Å²) in [5.41, 5.74) is 0. The van der Waals surface area contributed by atoms with Crippen LogP contribution in [0.1, 0.15) is 91.4 Å². The molecular weight excluding hydrogens is 1740 g/mol. The van der Waals surface area contributed by atoms with Gasteiger partial charge in [-0.05, 0) is 117 Å². The van der Waals surface area contributed by atoms with Gasteiger partial charge in [0, 0.05) is 300 Å². The number of hydrogen-bond acceptors (Lipinski definition) is 25. The van der Waals surface area contributed by atoms with E-state index in [2.05, 4.69) is 110 Å². The summed E-state index contributed by atoms with van der Waals surface area (Å²) in [5.74, 6) is 48.2. The molecule has 0 bridgehead atoms. The van der Waals surface area contributed by atoms with Gasteiger partial charge in [0.15, 0.2) is 0 Å². The quantitative estimate of drug-likeness (QED) is 0.239. The van der Waals surface area contributed by atoms with Crippen molar-refractivity contribution in [3.05, 3.63) is 0 Å². The average Bonchev–Trinajstić information content (AvgIpc) is 0.885. The van der Waals surface area contributed by atoms with Crippen LogP contribution in [0.2, 0.25) is 0 Å². The van der Waals surface area contributed by atoms with Crippen molar-refractivity contribution < 1.29 is 54.4 Å². The van der Waals surface area contributed by atoms with Crippen molar-refractivity contribution in [3.63, 3.8) is 0 Å². The summed E-state index contributed by atoms with van der Waals surface area (Å²) in [7, 11) is 11.3. The summed E-state index contributed by atoms with van der Waals surface area (Å²) in [6.07, 6.45) is 19.2. The number of hydrogen-bond donors (Lipinski definition) is 0. The second-order valence-electron chi connectivity index (χ2n) is 30.1. The molecule has 41 heteroatoms. The zero-order chi connectivity index (χ0) is 90.6. The second kappa shape index (κ2) is 60.2. The van der Waals surface area contributed by atoms with Crippen molar-refractivity contribution in [3.8, 4) is 0 Å². The Bertz CT molecular complexity index is 4370. The summed E-state index contributed by atoms with van der Waals surface area (Å²) < 4.78 is 121. The monoisotopic (exact) mass is 1910 g/mol. The van der Waals surface area contributed by atoms with E-state index in [0.717, 1.165) is 31.1 Å². The van der Waals surface area contributed by atoms with Gasteiger partial charge in [-0.3, -0.25) is 49.1 Å². The van der Waals surface area contributed by atoms with E-state index in [0.29, 0.717) is 111 Å². The molecule has 1 atom stereocenters. The minimum atomic E-state index is -2.03. The number of rotatable bonds is 5. The highest BCUT2D eigenvalue weighted by Crippen LogP contribution is 2.17. The third-order valence-corrected chi connectivity index (χ3v) is 50.0. The van der Waals surface area contributed by atoms with Gasteiger partial charge in [-0.2, -0.15) is 0 Å². The zero-order valence-corrected chi connectivity index (χ0v) is 87.0. The van der Waals surface area contributed by atoms with Crippen molar-refractivity contribution in [2.75, 3.05) is 331 Å². The SMILES string of the molecule is C=S(C)(C)=NC.C=S1(=NC)CCC1.C=S1(=NC)CCCC1.C=S1(=NC)CCCCC1.C=S1(=NC)CCCCC1.C=S1(=NC)CCN(C)CC1.C=S1(=NC)CCOCC1.CCCC(=O)N1CCS(=O)(=NC)CC1.CCS(C)(=O)=NC.CN=S1(=O)CCN(C(=O)COC)CC1.CN=S1(=O)CCN(C(=O)OC)CC1.CN=S1(=O)CCN(C(C)=O)CC1. The van der Waals surface area contributed by atoms with E-state index in [1.807, 2.05) is 75.7 Å². The molecule has 10 heterocycles. The summed E-state index contributed by atoms with van der Waals surface area (Å²) in [5, 5.41) is 0. The Kier molecular flexibility index (Phi) is 59.9. The van der Waals surface area contributed by atoms with Gasteiger partial charge in [0.25, 0.3) is 0 Å². The fourth-order valence-electron chi connectivity index (χ4n) is 11.4. The Morgan fingerprint density at radius 2 is 0.653 bits per heavy atom. The lowest BCUT2D eigenvalue weighted by molar-refractivity contribution is -0.135. The van der Waals surface area contributed by atoms with Gasteiger partial charge >= 0.3 is 6.09 Å². The lowest BCUT2D eigenvalue weighted by Gasteiger charge is -2.28. The number of ether oxygens (including phenoxy) is 3. The molecule has 1 unspecified atom stereocenters. The predicted octanol–water partition coefficient (Wildman–Crippen LogP) is 7.65. The van der Waals surface area contributed by atoms with Crippen molar-refractivity contribution >= 4 is 179 Å². The van der Waals surface area contributed by atoms with Crippen LogP contribution < -0.4 is 0 Å². The third-order valence-electron chi connectivity index (χ3n) is 21.2. The van der Waals surface area contributed by atoms with E-state index in [9.17, 15) is 40.2 Å². The molecule has 10 rings (SSSR count). The van der Waals surface area contributed by atoms with Gasteiger partial charge in [0.05, 0.1) is 20.3 Å². The molecule has 4 amide bonds. The first kappa shape index (κ1) is 117. The highest BCUT2D eigenvalue weighted by Gasteiger charge is 2.27. The Morgan fingerprint density at radius 3 is 0.864 bits per heavy atom. The first-order chi connectivity index (χ1) is 55.1. The number of carbonyl (C=O) groups is 4. The molecule has 0 aromatic carbocycles. The summed E-state index contributed by atoms with van der Waals surface area (Å²) in [6, 6.07) is 0. The van der Waals surface area contributed by atoms with Crippen LogP contribution >= 0.6 is 0 Å². The van der Waals surface area contributed by atoms with Crippen LogP contribution in [0.3, 0.4) is 0 Å². The van der Waals surface area contributed by atoms with E-state index in [4.69, 9.17) is 9.47 Å². The van der Waals surface area contributed by atoms with Crippen LogP contribution in [-0.4, -0.2) is 441 Å². The summed E-state index contributed by atoms with van der Waals surface area (Å²) in [6.45, 7) is 14.0. The van der Waals surface area contributed by atoms with Crippen LogP contribution in [-0.2, 0) is 143 Å². The van der Waals surface area contributed by atoms with Crippen LogP contribution in [0, 0.1) is 0 Å². The molecule has 0 aromatic heterocycles. The van der Waals surface area contributed by atoms with Gasteiger partial charge in [0.1, 0.15) is 6.61 Å². The normalized spacial score (nSPS) is 22.4. The summed E-state index contributed by atoms with van der Waals surface area (Å²) in [4.78, 5) is 53.9. The molecule has 704 valence electrons. The van der Waals surface area contributed by atoms with Crippen LogP contribution in [0.5, 0.6) is 0 Å². The molecule has 10 fully saturated rings. The lowest BCUT2D eigenvalue weighted by atomic mass is 10.3. The topological polar surface area (TPSA) is 346 Å². The van der Waals surface area contributed by atoms with Gasteiger partial charge < -0.3 is 38.7 Å². The molecular formula is C77H167N17O12S12. The van der Waals surface area contributed by atoms with Gasteiger partial charge in [0.2, 0.25) is 17.7 Å². The number of nitrogens with zero attached hydrogens (tertiary/aromatic N) is 17. The molecule has 0 aromatic rings. The molecule has 118 heavy (non-hydrogen) atoms. The number of carbonyl (C=O) groups excluding carboxylic acids is 4. The Labute approximate surface area is 726 Å². The van der Waals surface area contributed by atoms with Crippen LogP contribution in [0.4, 0.5) is 4.79 Å². The Balaban J connectivity index is 0. The highest BCUT2D eigenvalue weighted by atomic mass is 32.2. The predicted molar refractivity (Wildman–Crippen MR) is 544 cm³/mol. The number of amides is 4. The van der Waals surface area contributed by atoms with E-state index >= 15 is 0 Å². The summed E-state index contributed by atoms with van der Waals surface area (Å²) >= 11 is 0. The fourth-order valence-corrected chi connectivity index (χ4v) is 28.8. The molecule has 0 saturated carbocycles. The minimum absolute atomic E-state index is 0.0370. The lowest BCUT2D eigenvalue weighted by Crippen LogP contribution is -2.44. The third kappa shape index (κ3) is 51.2. The Morgan fingerprint density at radius 1 is 0.381 bits per heavy atom. The van der Waals surface area contributed by atoms with E-state index < -0.39 is 115 Å². The molecule has 10 saturated heterocycles. The van der Waals surface area contributed by atoms with E-state index in [1.54, 1.807) is 61.1 Å². The number of methoxy groups -OCH3 is 2. The van der Waals surface area contributed by atoms with Crippen molar-refractivity contribution in [2.45, 2.75) is 91.4 Å². The second-order valence-corrected chi connectivity index (χ2v) is 66.3. The van der Waals surface area contributed by atoms with Gasteiger partial charge in [-0.1, -0.05) is 67.8 Å². The van der Waals surface area contributed by atoms with Crippen molar-refractivity contribution in [2.24, 2.45) is 52.4 Å². The van der Waals surface area contributed by atoms with Crippen LogP contribution in [0.15, 0.2) is 52.4 Å². The molecule has 10 aliphatic heterocycles. The maximum atomic E-state index is 11.8. The largest absolute Gasteiger partial charge is 0.453 e. The van der Waals surface area contributed by atoms with Gasteiger partial charge in [-0.15, -0.1) is 65.9 Å². The molecule has 29 nitrogen and oxygen atoms in total. The maximum Gasteiger partial charge on any atom is 0.409 e. The maximum absolute atomic E-state index is 11.8. The molecule has 0 spiro atoms. The average molecular weight is 1910 g/mol. The fraction of sp³-hybridized carbons (Fsp3) is 0.857. The highest BCUT2D eigenvalue weighted by molar-refractivity contribution is 8.04. The minimum Gasteiger partial charge on any atom is -0.453 e. The first-order valence-electron chi connectivity index (χ1n) is 40.5. The molecule has 0 N–H and O–H groups in total. The van der Waals surface area contributed by atoms with Gasteiger partial charge in [-0.25, -0.2) is 43.4 Å². The van der Waals surface area contributed by atoms with E-state index in [-0.39, 0.29) is 30.4 Å². The molecule has 10 aliphatic rings. The zero-order valence-electron chi connectivity index (χ0n) is 77.2. The van der Waals surface area contributed by atoms with E-state index in [1.165, 1.54) is 150 Å². The van der Waals surface area contributed by atoms with Crippen LogP contribution in [0.25, 0.3) is 0 Å². The van der Waals surface area contributed by atoms with Crippen molar-refractivity contribution in [1.82, 2.24) is 24.5 Å². The molecule has 0 aliphatic carbocycles. The Hall–Kier alpha value is -2.55. The molecule has 0 radical (unpaired) electrons. The first-order valence-corrected chi connectivity index (χ1v) is 65.2. The van der Waals surface area contributed by atoms with Crippen molar-refractivity contribution in [1.29, 1.82) is 0 Å².